The van der Waals surface area contributed by atoms with Crippen LogP contribution in [-0.2, 0) is 6.42 Å². The number of aliphatic hydroxyl groups is 1. The Kier molecular flexibility index (Phi) is 5.71. The molecule has 1 amide bonds. The van der Waals surface area contributed by atoms with Crippen LogP contribution < -0.4 is 0 Å². The Labute approximate surface area is 148 Å². The Bertz CT molecular complexity index is 693. The fraction of sp³-hybridized carbons (Fsp3) is 0.381. The van der Waals surface area contributed by atoms with E-state index in [1.54, 1.807) is 18.2 Å². The van der Waals surface area contributed by atoms with Gasteiger partial charge in [-0.15, -0.1) is 0 Å². The molecule has 0 unspecified atom stereocenters. The molecule has 2 aromatic carbocycles. The third kappa shape index (κ3) is 4.60. The Morgan fingerprint density at radius 1 is 1.08 bits per heavy atom. The van der Waals surface area contributed by atoms with Crippen molar-refractivity contribution >= 4 is 5.91 Å². The largest absolute Gasteiger partial charge is 0.508 e. The van der Waals surface area contributed by atoms with Gasteiger partial charge in [-0.1, -0.05) is 36.4 Å². The monoisotopic (exact) mass is 339 g/mol. The number of amides is 1. The molecule has 4 nitrogen and oxygen atoms in total. The molecular formula is C21H25NO3. The number of hydrogen-bond donors (Lipinski definition) is 2. The number of carbonyl (C=O) groups excluding carboxylic acids is 1. The molecule has 2 N–H and O–H groups in total. The number of nitrogens with zero attached hydrogens (tertiary/aromatic N) is 1. The number of phenolic OH excluding ortho intramolecular Hbond substituents is 1. The SMILES string of the molecule is O=C(c1cccc(O)c1)N1CCC([C@@H](O)CCc2ccccc2)CC1. The Hall–Kier alpha value is -2.33. The van der Waals surface area contributed by atoms with Gasteiger partial charge in [-0.25, -0.2) is 0 Å². The predicted octanol–water partition coefficient (Wildman–Crippen LogP) is 3.24. The molecule has 0 aliphatic carbocycles. The summed E-state index contributed by atoms with van der Waals surface area (Å²) in [5.41, 5.74) is 1.76. The van der Waals surface area contributed by atoms with Gasteiger partial charge in [0.05, 0.1) is 6.10 Å². The lowest BCUT2D eigenvalue weighted by Gasteiger charge is -2.34. The van der Waals surface area contributed by atoms with Gasteiger partial charge in [0.1, 0.15) is 5.75 Å². The number of phenols is 1. The maximum Gasteiger partial charge on any atom is 0.253 e. The Balaban J connectivity index is 1.48. The maximum atomic E-state index is 12.5. The summed E-state index contributed by atoms with van der Waals surface area (Å²) in [6, 6.07) is 16.7. The number of rotatable bonds is 5. The topological polar surface area (TPSA) is 60.8 Å². The van der Waals surface area contributed by atoms with Crippen molar-refractivity contribution in [2.75, 3.05) is 13.1 Å². The van der Waals surface area contributed by atoms with Crippen LogP contribution in [0.3, 0.4) is 0 Å². The molecule has 1 aliphatic heterocycles. The van der Waals surface area contributed by atoms with Gasteiger partial charge in [0.25, 0.3) is 5.91 Å². The van der Waals surface area contributed by atoms with E-state index in [4.69, 9.17) is 0 Å². The predicted molar refractivity (Wildman–Crippen MR) is 97.5 cm³/mol. The number of aryl methyl sites for hydroxylation is 1. The van der Waals surface area contributed by atoms with Crippen molar-refractivity contribution in [1.29, 1.82) is 0 Å². The third-order valence-corrected chi connectivity index (χ3v) is 5.04. The molecule has 1 heterocycles. The first-order chi connectivity index (χ1) is 12.1. The van der Waals surface area contributed by atoms with Crippen LogP contribution >= 0.6 is 0 Å². The van der Waals surface area contributed by atoms with Crippen molar-refractivity contribution in [2.45, 2.75) is 31.8 Å². The van der Waals surface area contributed by atoms with Gasteiger partial charge in [0, 0.05) is 18.7 Å². The smallest absolute Gasteiger partial charge is 0.253 e. The van der Waals surface area contributed by atoms with Crippen molar-refractivity contribution in [1.82, 2.24) is 4.90 Å². The van der Waals surface area contributed by atoms with Crippen molar-refractivity contribution in [3.63, 3.8) is 0 Å². The number of carbonyl (C=O) groups is 1. The summed E-state index contributed by atoms with van der Waals surface area (Å²) < 4.78 is 0. The lowest BCUT2D eigenvalue weighted by molar-refractivity contribution is 0.0436. The van der Waals surface area contributed by atoms with E-state index >= 15 is 0 Å². The average Bonchev–Trinajstić information content (AvgIpc) is 2.66. The second kappa shape index (κ2) is 8.17. The number of aliphatic hydroxyl groups excluding tert-OH is 1. The second-order valence-electron chi connectivity index (χ2n) is 6.77. The van der Waals surface area contributed by atoms with Crippen LogP contribution in [0.5, 0.6) is 5.75 Å². The first-order valence-corrected chi connectivity index (χ1v) is 8.94. The van der Waals surface area contributed by atoms with Gasteiger partial charge < -0.3 is 15.1 Å². The van der Waals surface area contributed by atoms with Gasteiger partial charge in [0.15, 0.2) is 0 Å². The lowest BCUT2D eigenvalue weighted by atomic mass is 9.88. The number of piperidine rings is 1. The molecule has 0 bridgehead atoms. The van der Waals surface area contributed by atoms with Crippen molar-refractivity contribution in [3.8, 4) is 5.75 Å². The standard InChI is InChI=1S/C21H25NO3/c23-19-8-4-7-18(15-19)21(25)22-13-11-17(12-14-22)20(24)10-9-16-5-2-1-3-6-16/h1-8,15,17,20,23-24H,9-14H2/t20-/m0/s1. The summed E-state index contributed by atoms with van der Waals surface area (Å²) >= 11 is 0. The zero-order valence-corrected chi connectivity index (χ0v) is 14.3. The quantitative estimate of drug-likeness (QED) is 0.879. The van der Waals surface area contributed by atoms with E-state index < -0.39 is 0 Å². The molecule has 2 aromatic rings. The summed E-state index contributed by atoms with van der Waals surface area (Å²) in [7, 11) is 0. The van der Waals surface area contributed by atoms with Crippen molar-refractivity contribution in [3.05, 3.63) is 65.7 Å². The molecular weight excluding hydrogens is 314 g/mol. The van der Waals surface area contributed by atoms with Gasteiger partial charge in [-0.05, 0) is 55.4 Å². The van der Waals surface area contributed by atoms with Crippen LogP contribution in [0.2, 0.25) is 0 Å². The van der Waals surface area contributed by atoms with Crippen molar-refractivity contribution in [2.24, 2.45) is 5.92 Å². The maximum absolute atomic E-state index is 12.5. The highest BCUT2D eigenvalue weighted by Gasteiger charge is 2.27. The molecule has 0 aromatic heterocycles. The van der Waals surface area contributed by atoms with Crippen LogP contribution in [0.15, 0.2) is 54.6 Å². The van der Waals surface area contributed by atoms with E-state index in [2.05, 4.69) is 12.1 Å². The molecule has 25 heavy (non-hydrogen) atoms. The van der Waals surface area contributed by atoms with Crippen molar-refractivity contribution < 1.29 is 15.0 Å². The summed E-state index contributed by atoms with van der Waals surface area (Å²) in [5.74, 6) is 0.308. The first kappa shape index (κ1) is 17.5. The summed E-state index contributed by atoms with van der Waals surface area (Å²) in [6.07, 6.45) is 2.96. The minimum absolute atomic E-state index is 0.0480. The number of hydrogen-bond acceptors (Lipinski definition) is 3. The van der Waals surface area contributed by atoms with Crippen LogP contribution in [0.4, 0.5) is 0 Å². The highest BCUT2D eigenvalue weighted by atomic mass is 16.3. The number of likely N-dealkylation sites (tertiary alicyclic amines) is 1. The Morgan fingerprint density at radius 2 is 1.80 bits per heavy atom. The molecule has 4 heteroatoms. The normalized spacial score (nSPS) is 16.6. The van der Waals surface area contributed by atoms with Crippen LogP contribution in [0, 0.1) is 5.92 Å². The lowest BCUT2D eigenvalue weighted by Crippen LogP contribution is -2.41. The molecule has 1 saturated heterocycles. The van der Waals surface area contributed by atoms with E-state index in [1.807, 2.05) is 23.1 Å². The molecule has 0 spiro atoms. The molecule has 1 atom stereocenters. The molecule has 1 fully saturated rings. The molecule has 3 rings (SSSR count). The zero-order chi connectivity index (χ0) is 17.6. The van der Waals surface area contributed by atoms with Crippen LogP contribution in [0.1, 0.15) is 35.2 Å². The zero-order valence-electron chi connectivity index (χ0n) is 14.3. The minimum Gasteiger partial charge on any atom is -0.508 e. The highest BCUT2D eigenvalue weighted by Crippen LogP contribution is 2.25. The molecule has 0 saturated carbocycles. The van der Waals surface area contributed by atoms with E-state index in [0.717, 1.165) is 25.7 Å². The number of aromatic hydroxyl groups is 1. The molecule has 0 radical (unpaired) electrons. The van der Waals surface area contributed by atoms with E-state index in [1.165, 1.54) is 11.6 Å². The fourth-order valence-electron chi connectivity index (χ4n) is 3.50. The minimum atomic E-state index is -0.321. The average molecular weight is 339 g/mol. The highest BCUT2D eigenvalue weighted by molar-refractivity contribution is 5.94. The summed E-state index contributed by atoms with van der Waals surface area (Å²) in [6.45, 7) is 1.31. The van der Waals surface area contributed by atoms with E-state index in [9.17, 15) is 15.0 Å². The number of benzene rings is 2. The first-order valence-electron chi connectivity index (χ1n) is 8.94. The summed E-state index contributed by atoms with van der Waals surface area (Å²) in [4.78, 5) is 14.3. The van der Waals surface area contributed by atoms with Gasteiger partial charge in [0.2, 0.25) is 0 Å². The fourth-order valence-corrected chi connectivity index (χ4v) is 3.50. The Morgan fingerprint density at radius 3 is 2.48 bits per heavy atom. The third-order valence-electron chi connectivity index (χ3n) is 5.04. The second-order valence-corrected chi connectivity index (χ2v) is 6.77. The van der Waals surface area contributed by atoms with Gasteiger partial charge in [-0.2, -0.15) is 0 Å². The van der Waals surface area contributed by atoms with E-state index in [0.29, 0.717) is 18.7 Å². The van der Waals surface area contributed by atoms with Gasteiger partial charge >= 0.3 is 0 Å². The van der Waals surface area contributed by atoms with Gasteiger partial charge in [-0.3, -0.25) is 4.79 Å². The molecule has 132 valence electrons. The van der Waals surface area contributed by atoms with Crippen LogP contribution in [0.25, 0.3) is 0 Å². The van der Waals surface area contributed by atoms with Crippen LogP contribution in [-0.4, -0.2) is 40.2 Å². The molecule has 1 aliphatic rings. The van der Waals surface area contributed by atoms with E-state index in [-0.39, 0.29) is 23.7 Å². The summed E-state index contributed by atoms with van der Waals surface area (Å²) in [5, 5.41) is 20.0.